The Bertz CT molecular complexity index is 1080. The van der Waals surface area contributed by atoms with Crippen LogP contribution in [0.25, 0.3) is 11.1 Å². The minimum Gasteiger partial charge on any atom is -0.467 e. The van der Waals surface area contributed by atoms with Crippen LogP contribution in [0.15, 0.2) is 47.3 Å². The number of esters is 1. The monoisotopic (exact) mass is 422 g/mol. The molecule has 1 aromatic carbocycles. The SMILES string of the molecule is COC(=O)[C@@H]1[C@@H](CO)[C@@H]2Cn3c(ccc(-c4ccccc4)c3=O)[C@@H]2N1C(=O)CC1CC1. The number of pyridine rings is 1. The molecule has 1 aromatic heterocycles. The lowest BCUT2D eigenvalue weighted by molar-refractivity contribution is -0.154. The summed E-state index contributed by atoms with van der Waals surface area (Å²) in [6.07, 6.45) is 2.44. The molecule has 1 amide bonds. The highest BCUT2D eigenvalue weighted by Crippen LogP contribution is 2.50. The standard InChI is InChI=1S/C24H26N2O5/c1-31-24(30)22-18(13-27)17-12-25-19(21(17)26(22)20(28)11-14-7-8-14)10-9-16(23(25)29)15-5-3-2-4-6-15/h2-6,9-10,14,17-18,21-22,27H,7-8,11-13H2,1H3/t17-,18-,21+,22-/m0/s1. The number of ether oxygens (including phenoxy) is 1. The smallest absolute Gasteiger partial charge is 0.328 e. The average molecular weight is 422 g/mol. The molecule has 0 unspecified atom stereocenters. The van der Waals surface area contributed by atoms with Crippen molar-refractivity contribution >= 4 is 11.9 Å². The minimum absolute atomic E-state index is 0.100. The topological polar surface area (TPSA) is 88.8 Å². The minimum atomic E-state index is -0.825. The Kier molecular flexibility index (Phi) is 4.93. The number of rotatable bonds is 5. The third-order valence-corrected chi connectivity index (χ3v) is 7.05. The van der Waals surface area contributed by atoms with Crippen LogP contribution >= 0.6 is 0 Å². The molecule has 5 rings (SSSR count). The van der Waals surface area contributed by atoms with Crippen molar-refractivity contribution in [1.29, 1.82) is 0 Å². The van der Waals surface area contributed by atoms with E-state index in [-0.39, 0.29) is 24.0 Å². The summed E-state index contributed by atoms with van der Waals surface area (Å²) in [4.78, 5) is 40.9. The first-order chi connectivity index (χ1) is 15.0. The fourth-order valence-corrected chi connectivity index (χ4v) is 5.37. The van der Waals surface area contributed by atoms with Gasteiger partial charge >= 0.3 is 5.97 Å². The van der Waals surface area contributed by atoms with Gasteiger partial charge < -0.3 is 19.3 Å². The van der Waals surface area contributed by atoms with E-state index in [1.54, 1.807) is 15.5 Å². The molecular weight excluding hydrogens is 396 g/mol. The number of likely N-dealkylation sites (tertiary alicyclic amines) is 1. The molecule has 7 heteroatoms. The Morgan fingerprint density at radius 3 is 2.52 bits per heavy atom. The zero-order chi connectivity index (χ0) is 21.7. The van der Waals surface area contributed by atoms with Crippen LogP contribution in [-0.4, -0.2) is 46.2 Å². The van der Waals surface area contributed by atoms with Gasteiger partial charge in [0.15, 0.2) is 0 Å². The van der Waals surface area contributed by atoms with E-state index in [1.165, 1.54) is 7.11 Å². The zero-order valence-corrected chi connectivity index (χ0v) is 17.4. The van der Waals surface area contributed by atoms with E-state index in [0.717, 1.165) is 24.1 Å². The molecular formula is C24H26N2O5. The summed E-state index contributed by atoms with van der Waals surface area (Å²) in [5.74, 6) is -0.929. The van der Waals surface area contributed by atoms with Crippen LogP contribution < -0.4 is 5.56 Å². The van der Waals surface area contributed by atoms with Gasteiger partial charge in [0, 0.05) is 42.7 Å². The predicted molar refractivity (Wildman–Crippen MR) is 113 cm³/mol. The summed E-state index contributed by atoms with van der Waals surface area (Å²) >= 11 is 0. The number of hydrogen-bond donors (Lipinski definition) is 1. The van der Waals surface area contributed by atoms with E-state index >= 15 is 0 Å². The van der Waals surface area contributed by atoms with E-state index in [1.807, 2.05) is 36.4 Å². The highest BCUT2D eigenvalue weighted by atomic mass is 16.5. The molecule has 1 saturated heterocycles. The number of carbonyl (C=O) groups excluding carboxylic acids is 2. The van der Waals surface area contributed by atoms with Gasteiger partial charge in [-0.1, -0.05) is 30.3 Å². The van der Waals surface area contributed by atoms with E-state index in [9.17, 15) is 19.5 Å². The first-order valence-corrected chi connectivity index (χ1v) is 10.8. The Labute approximate surface area is 180 Å². The predicted octanol–water partition coefficient (Wildman–Crippen LogP) is 1.98. The Morgan fingerprint density at radius 2 is 1.87 bits per heavy atom. The van der Waals surface area contributed by atoms with Gasteiger partial charge in [-0.25, -0.2) is 4.79 Å². The first-order valence-electron chi connectivity index (χ1n) is 10.8. The molecule has 7 nitrogen and oxygen atoms in total. The molecule has 31 heavy (non-hydrogen) atoms. The van der Waals surface area contributed by atoms with Crippen molar-refractivity contribution in [3.8, 4) is 11.1 Å². The van der Waals surface area contributed by atoms with Gasteiger partial charge in [-0.3, -0.25) is 9.59 Å². The molecule has 3 aliphatic rings. The van der Waals surface area contributed by atoms with Crippen LogP contribution in [0.3, 0.4) is 0 Å². The summed E-state index contributed by atoms with van der Waals surface area (Å²) in [6.45, 7) is 0.119. The molecule has 162 valence electrons. The second-order valence-corrected chi connectivity index (χ2v) is 8.83. The van der Waals surface area contributed by atoms with Crippen LogP contribution in [0.5, 0.6) is 0 Å². The summed E-state index contributed by atoms with van der Waals surface area (Å²) in [7, 11) is 1.30. The third-order valence-electron chi connectivity index (χ3n) is 7.05. The molecule has 2 aromatic rings. The first kappa shape index (κ1) is 20.0. The van der Waals surface area contributed by atoms with Crippen LogP contribution in [0.1, 0.15) is 31.0 Å². The summed E-state index contributed by atoms with van der Waals surface area (Å²) in [5, 5.41) is 10.2. The Morgan fingerprint density at radius 1 is 1.13 bits per heavy atom. The van der Waals surface area contributed by atoms with Crippen LogP contribution in [0, 0.1) is 17.8 Å². The fraction of sp³-hybridized carbons (Fsp3) is 0.458. The molecule has 1 saturated carbocycles. The summed E-state index contributed by atoms with van der Waals surface area (Å²) in [5.41, 5.74) is 2.06. The van der Waals surface area contributed by atoms with E-state index < -0.39 is 24.0 Å². The van der Waals surface area contributed by atoms with Crippen molar-refractivity contribution in [2.24, 2.45) is 17.8 Å². The molecule has 2 fully saturated rings. The Hall–Kier alpha value is -2.93. The normalized spacial score (nSPS) is 26.5. The van der Waals surface area contributed by atoms with Gasteiger partial charge in [0.2, 0.25) is 5.91 Å². The molecule has 0 spiro atoms. The summed E-state index contributed by atoms with van der Waals surface area (Å²) < 4.78 is 6.72. The number of benzene rings is 1. The fourth-order valence-electron chi connectivity index (χ4n) is 5.37. The van der Waals surface area contributed by atoms with Gasteiger partial charge in [0.1, 0.15) is 6.04 Å². The molecule has 0 radical (unpaired) electrons. The maximum Gasteiger partial charge on any atom is 0.328 e. The Balaban J connectivity index is 1.59. The molecule has 4 atom stereocenters. The second kappa shape index (κ2) is 7.64. The van der Waals surface area contributed by atoms with Crippen LogP contribution in [0.2, 0.25) is 0 Å². The molecule has 3 heterocycles. The highest BCUT2D eigenvalue weighted by Gasteiger charge is 2.58. The quantitative estimate of drug-likeness (QED) is 0.745. The summed E-state index contributed by atoms with van der Waals surface area (Å²) in [6, 6.07) is 11.9. The molecule has 1 aliphatic carbocycles. The number of aromatic nitrogens is 1. The number of aliphatic hydroxyl groups is 1. The van der Waals surface area contributed by atoms with Crippen molar-refractivity contribution in [2.75, 3.05) is 13.7 Å². The third kappa shape index (κ3) is 3.19. The number of fused-ring (bicyclic) bond motifs is 3. The molecule has 1 N–H and O–H groups in total. The van der Waals surface area contributed by atoms with Gasteiger partial charge in [0.05, 0.1) is 13.2 Å². The van der Waals surface area contributed by atoms with Crippen LogP contribution in [-0.2, 0) is 20.9 Å². The molecule has 0 bridgehead atoms. The van der Waals surface area contributed by atoms with Gasteiger partial charge in [0.25, 0.3) is 5.56 Å². The van der Waals surface area contributed by atoms with Gasteiger partial charge in [-0.2, -0.15) is 0 Å². The lowest BCUT2D eigenvalue weighted by atomic mass is 9.88. The maximum absolute atomic E-state index is 13.3. The largest absolute Gasteiger partial charge is 0.467 e. The van der Waals surface area contributed by atoms with Crippen molar-refractivity contribution in [1.82, 2.24) is 9.47 Å². The van der Waals surface area contributed by atoms with E-state index in [0.29, 0.717) is 24.4 Å². The lowest BCUT2D eigenvalue weighted by Gasteiger charge is -2.30. The number of carbonyl (C=O) groups is 2. The zero-order valence-electron chi connectivity index (χ0n) is 17.4. The number of amides is 1. The number of methoxy groups -OCH3 is 1. The number of nitrogens with zero attached hydrogens (tertiary/aromatic N) is 2. The lowest BCUT2D eigenvalue weighted by Crippen LogP contribution is -2.46. The second-order valence-electron chi connectivity index (χ2n) is 8.83. The van der Waals surface area contributed by atoms with Crippen LogP contribution in [0.4, 0.5) is 0 Å². The van der Waals surface area contributed by atoms with Gasteiger partial charge in [-0.05, 0) is 36.5 Å². The highest BCUT2D eigenvalue weighted by molar-refractivity contribution is 5.86. The van der Waals surface area contributed by atoms with Crippen molar-refractivity contribution in [3.63, 3.8) is 0 Å². The van der Waals surface area contributed by atoms with Crippen molar-refractivity contribution < 1.29 is 19.4 Å². The maximum atomic E-state index is 13.3. The van der Waals surface area contributed by atoms with E-state index in [4.69, 9.17) is 4.74 Å². The number of aliphatic hydroxyl groups excluding tert-OH is 1. The van der Waals surface area contributed by atoms with Crippen molar-refractivity contribution in [3.05, 3.63) is 58.5 Å². The van der Waals surface area contributed by atoms with Gasteiger partial charge in [-0.15, -0.1) is 0 Å². The van der Waals surface area contributed by atoms with Crippen molar-refractivity contribution in [2.45, 2.75) is 37.9 Å². The molecule has 2 aliphatic heterocycles. The van der Waals surface area contributed by atoms with E-state index in [2.05, 4.69) is 0 Å². The average Bonchev–Trinajstić information content (AvgIpc) is 3.42. The number of hydrogen-bond acceptors (Lipinski definition) is 5.